The van der Waals surface area contributed by atoms with Crippen LogP contribution in [0.5, 0.6) is 0 Å². The molecule has 0 saturated heterocycles. The molecule has 1 atom stereocenters. The van der Waals surface area contributed by atoms with Crippen LogP contribution < -0.4 is 5.73 Å². The Morgan fingerprint density at radius 1 is 1.29 bits per heavy atom. The quantitative estimate of drug-likeness (QED) is 0.474. The van der Waals surface area contributed by atoms with Crippen molar-refractivity contribution in [1.82, 2.24) is 0 Å². The zero-order valence-electron chi connectivity index (χ0n) is 8.77. The van der Waals surface area contributed by atoms with Gasteiger partial charge < -0.3 is 15.2 Å². The molecule has 0 heterocycles. The summed E-state index contributed by atoms with van der Waals surface area (Å²) < 4.78 is 26.5. The van der Waals surface area contributed by atoms with Gasteiger partial charge in [0.2, 0.25) is 0 Å². The highest BCUT2D eigenvalue weighted by Gasteiger charge is 2.24. The summed E-state index contributed by atoms with van der Waals surface area (Å²) >= 11 is 0. The van der Waals surface area contributed by atoms with Crippen molar-refractivity contribution < 1.29 is 18.6 Å². The molecule has 0 fully saturated rings. The van der Waals surface area contributed by atoms with Crippen molar-refractivity contribution in [3.8, 4) is 0 Å². The van der Waals surface area contributed by atoms with Crippen LogP contribution in [0.1, 0.15) is 20.3 Å². The molecule has 0 saturated carbocycles. The second-order valence-electron chi connectivity index (χ2n) is 2.50. The smallest absolute Gasteiger partial charge is 0.330 e. The molecule has 1 unspecified atom stereocenters. The van der Waals surface area contributed by atoms with Crippen molar-refractivity contribution >= 4 is 8.03 Å². The Hall–Kier alpha value is -0.0600. The monoisotopic (exact) mass is 224 g/mol. The van der Waals surface area contributed by atoms with Crippen LogP contribution in [-0.4, -0.2) is 32.4 Å². The average Bonchev–Trinajstić information content (AvgIpc) is 2.15. The zero-order valence-corrected chi connectivity index (χ0v) is 9.66. The largest absolute Gasteiger partial charge is 0.513 e. The Kier molecular flexibility index (Phi) is 9.45. The molecular weight excluding hydrogens is 205 g/mol. The van der Waals surface area contributed by atoms with Gasteiger partial charge in [-0.2, -0.15) is 0 Å². The molecule has 6 heteroatoms. The highest BCUT2D eigenvalue weighted by molar-refractivity contribution is 7.39. The Morgan fingerprint density at radius 3 is 2.29 bits per heavy atom. The maximum atomic E-state index is 11.3. The normalized spacial score (nSPS) is 12.1. The van der Waals surface area contributed by atoms with E-state index in [0.29, 0.717) is 32.3 Å². The summed E-state index contributed by atoms with van der Waals surface area (Å²) in [6.07, 6.45) is 1.13. The second kappa shape index (κ2) is 9.49. The number of ether oxygens (including phenoxy) is 2. The fourth-order valence-electron chi connectivity index (χ4n) is 0.750. The van der Waals surface area contributed by atoms with Gasteiger partial charge in [0.1, 0.15) is 0 Å². The van der Waals surface area contributed by atoms with Gasteiger partial charge in [0.25, 0.3) is 0 Å². The van der Waals surface area contributed by atoms with Gasteiger partial charge in [-0.15, -0.1) is 0 Å². The minimum absolute atomic E-state index is 0.447. The molecule has 0 amide bonds. The van der Waals surface area contributed by atoms with E-state index in [1.165, 1.54) is 0 Å². The van der Waals surface area contributed by atoms with Crippen molar-refractivity contribution in [2.45, 2.75) is 26.7 Å². The second-order valence-corrected chi connectivity index (χ2v) is 3.83. The summed E-state index contributed by atoms with van der Waals surface area (Å²) in [7, 11) is -1.73. The van der Waals surface area contributed by atoms with Crippen LogP contribution in [0, 0.1) is 0 Å². The van der Waals surface area contributed by atoms with E-state index < -0.39 is 14.5 Å². The van der Waals surface area contributed by atoms with Gasteiger partial charge in [-0.05, 0) is 25.0 Å². The van der Waals surface area contributed by atoms with Crippen molar-refractivity contribution in [3.63, 3.8) is 0 Å². The molecule has 0 radical (unpaired) electrons. The summed E-state index contributed by atoms with van der Waals surface area (Å²) in [6, 6.07) is 0. The fraction of sp³-hybridized carbons (Fsp3) is 1.00. The van der Waals surface area contributed by atoms with Gasteiger partial charge in [-0.1, -0.05) is 4.52 Å². The van der Waals surface area contributed by atoms with Gasteiger partial charge in [-0.25, -0.2) is 0 Å². The third-order valence-electron chi connectivity index (χ3n) is 1.35. The predicted molar refractivity (Wildman–Crippen MR) is 54.3 cm³/mol. The van der Waals surface area contributed by atoms with Crippen molar-refractivity contribution in [3.05, 3.63) is 0 Å². The van der Waals surface area contributed by atoms with Gasteiger partial charge >= 0.3 is 14.5 Å². The molecule has 2 N–H and O–H groups in total. The van der Waals surface area contributed by atoms with Gasteiger partial charge in [0.05, 0.1) is 0 Å². The van der Waals surface area contributed by atoms with E-state index in [1.807, 2.05) is 13.8 Å². The summed E-state index contributed by atoms with van der Waals surface area (Å²) in [5.74, 6) is 0. The lowest BCUT2D eigenvalue weighted by Crippen LogP contribution is -2.18. The lowest BCUT2D eigenvalue weighted by Gasteiger charge is -2.09. The SMILES string of the molecule is CCOC(OCC)O[P+](=O)CCCN. The number of hydrogen-bond donors (Lipinski definition) is 1. The zero-order chi connectivity index (χ0) is 10.8. The molecule has 14 heavy (non-hydrogen) atoms. The highest BCUT2D eigenvalue weighted by Crippen LogP contribution is 2.25. The fourth-order valence-corrected chi connectivity index (χ4v) is 1.61. The predicted octanol–water partition coefficient (Wildman–Crippen LogP) is 1.45. The summed E-state index contributed by atoms with van der Waals surface area (Å²) in [5.41, 5.74) is 5.28. The molecule has 5 nitrogen and oxygen atoms in total. The van der Waals surface area contributed by atoms with E-state index in [2.05, 4.69) is 0 Å². The first-order valence-corrected chi connectivity index (χ1v) is 6.15. The molecular formula is C8H19NO4P+. The molecule has 84 valence electrons. The van der Waals surface area contributed by atoms with Gasteiger partial charge in [0, 0.05) is 19.6 Å². The van der Waals surface area contributed by atoms with Crippen LogP contribution in [0.15, 0.2) is 0 Å². The maximum Gasteiger partial charge on any atom is 0.513 e. The first-order chi connectivity index (χ1) is 6.74. The number of nitrogens with two attached hydrogens (primary N) is 1. The van der Waals surface area contributed by atoms with E-state index in [9.17, 15) is 4.57 Å². The van der Waals surface area contributed by atoms with E-state index >= 15 is 0 Å². The minimum atomic E-state index is -1.73. The Morgan fingerprint density at radius 2 is 1.86 bits per heavy atom. The number of hydrogen-bond acceptors (Lipinski definition) is 5. The van der Waals surface area contributed by atoms with Crippen molar-refractivity contribution in [1.29, 1.82) is 0 Å². The van der Waals surface area contributed by atoms with Crippen LogP contribution in [0.4, 0.5) is 0 Å². The Labute approximate surface area is 85.8 Å². The minimum Gasteiger partial charge on any atom is -0.330 e. The lowest BCUT2D eigenvalue weighted by atomic mass is 10.5. The van der Waals surface area contributed by atoms with Gasteiger partial charge in [-0.3, -0.25) is 0 Å². The maximum absolute atomic E-state index is 11.3. The average molecular weight is 224 g/mol. The third-order valence-corrected chi connectivity index (χ3v) is 2.44. The molecule has 0 aliphatic rings. The molecule has 0 rings (SSSR count). The van der Waals surface area contributed by atoms with Crippen LogP contribution in [0.25, 0.3) is 0 Å². The van der Waals surface area contributed by atoms with Crippen LogP contribution in [-0.2, 0) is 18.6 Å². The summed E-state index contributed by atoms with van der Waals surface area (Å²) in [5, 5.41) is 0. The Bertz CT molecular complexity index is 150. The first-order valence-electron chi connectivity index (χ1n) is 4.79. The molecule has 0 aliphatic carbocycles. The molecule has 0 aromatic heterocycles. The van der Waals surface area contributed by atoms with Crippen molar-refractivity contribution in [2.24, 2.45) is 5.73 Å². The van der Waals surface area contributed by atoms with E-state index in [0.717, 1.165) is 0 Å². The summed E-state index contributed by atoms with van der Waals surface area (Å²) in [4.78, 5) is 0. The number of rotatable bonds is 9. The highest BCUT2D eigenvalue weighted by atomic mass is 31.1. The van der Waals surface area contributed by atoms with Crippen LogP contribution in [0.3, 0.4) is 0 Å². The molecule has 0 spiro atoms. The Balaban J connectivity index is 3.71. The van der Waals surface area contributed by atoms with E-state index in [1.54, 1.807) is 0 Å². The van der Waals surface area contributed by atoms with E-state index in [4.69, 9.17) is 19.7 Å². The lowest BCUT2D eigenvalue weighted by molar-refractivity contribution is -0.240. The summed E-state index contributed by atoms with van der Waals surface area (Å²) in [6.45, 7) is 4.27. The topological polar surface area (TPSA) is 70.8 Å². The molecule has 0 aromatic carbocycles. The standard InChI is InChI=1S/C8H19NO4P/c1-3-11-8(12-4-2)13-14(10)7-5-6-9/h8H,3-7,9H2,1-2H3/q+1. The van der Waals surface area contributed by atoms with Crippen molar-refractivity contribution in [2.75, 3.05) is 25.9 Å². The van der Waals surface area contributed by atoms with Crippen LogP contribution >= 0.6 is 8.03 Å². The third kappa shape index (κ3) is 7.35. The molecule has 0 aromatic rings. The van der Waals surface area contributed by atoms with Crippen LogP contribution in [0.2, 0.25) is 0 Å². The molecule has 0 aliphatic heterocycles. The van der Waals surface area contributed by atoms with Gasteiger partial charge in [0.15, 0.2) is 6.16 Å². The molecule has 0 bridgehead atoms. The van der Waals surface area contributed by atoms with E-state index in [-0.39, 0.29) is 0 Å². The first kappa shape index (κ1) is 13.9.